The van der Waals surface area contributed by atoms with E-state index < -0.39 is 23.3 Å². The molecule has 2 saturated carbocycles. The lowest BCUT2D eigenvalue weighted by Gasteiger charge is -2.31. The number of aryl methyl sites for hydroxylation is 1. The summed E-state index contributed by atoms with van der Waals surface area (Å²) in [5.41, 5.74) is 0.888. The quantitative estimate of drug-likeness (QED) is 0.292. The van der Waals surface area contributed by atoms with Crippen molar-refractivity contribution in [3.05, 3.63) is 53.4 Å². The number of rotatable bonds is 6. The Morgan fingerprint density at radius 2 is 1.95 bits per heavy atom. The van der Waals surface area contributed by atoms with Crippen molar-refractivity contribution in [1.82, 2.24) is 19.9 Å². The predicted octanol–water partition coefficient (Wildman–Crippen LogP) is 5.83. The molecule has 4 fully saturated rings. The Kier molecular flexibility index (Phi) is 6.14. The summed E-state index contributed by atoms with van der Waals surface area (Å²) in [5, 5.41) is 22.2. The summed E-state index contributed by atoms with van der Waals surface area (Å²) in [5.74, 6) is -0.794. The Hall–Kier alpha value is -3.50. The van der Waals surface area contributed by atoms with E-state index in [1.807, 2.05) is 6.92 Å². The van der Waals surface area contributed by atoms with Gasteiger partial charge in [-0.1, -0.05) is 13.0 Å². The van der Waals surface area contributed by atoms with Crippen LogP contribution in [0.4, 0.5) is 13.2 Å². The Morgan fingerprint density at radius 3 is 2.74 bits per heavy atom. The zero-order chi connectivity index (χ0) is 29.6. The highest BCUT2D eigenvalue weighted by molar-refractivity contribution is 6.01. The highest BCUT2D eigenvalue weighted by Crippen LogP contribution is 2.58. The van der Waals surface area contributed by atoms with Crippen molar-refractivity contribution in [2.45, 2.75) is 69.2 Å². The summed E-state index contributed by atoms with van der Waals surface area (Å²) >= 11 is 0. The van der Waals surface area contributed by atoms with E-state index in [0.29, 0.717) is 46.8 Å². The number of phenols is 1. The van der Waals surface area contributed by atoms with Crippen LogP contribution >= 0.6 is 0 Å². The number of aliphatic hydroxyl groups excluding tert-OH is 1. The second-order valence-electron chi connectivity index (χ2n) is 12.9. The fraction of sp³-hybridized carbons (Fsp3) is 0.485. The van der Waals surface area contributed by atoms with Crippen LogP contribution in [0.25, 0.3) is 32.9 Å². The van der Waals surface area contributed by atoms with Crippen LogP contribution in [0.5, 0.6) is 11.8 Å². The minimum atomic E-state index is -0.908. The van der Waals surface area contributed by atoms with Crippen molar-refractivity contribution >= 4 is 21.7 Å². The number of pyridine rings is 1. The first-order chi connectivity index (χ1) is 20.8. The Balaban J connectivity index is 1.26. The van der Waals surface area contributed by atoms with Crippen LogP contribution < -0.4 is 4.74 Å². The second-order valence-corrected chi connectivity index (χ2v) is 12.9. The molecule has 2 unspecified atom stereocenters. The summed E-state index contributed by atoms with van der Waals surface area (Å²) in [6.45, 7) is 3.25. The van der Waals surface area contributed by atoms with E-state index in [9.17, 15) is 19.0 Å². The molecule has 8 rings (SSSR count). The number of halogens is 3. The van der Waals surface area contributed by atoms with E-state index in [1.54, 1.807) is 12.3 Å². The van der Waals surface area contributed by atoms with Crippen LogP contribution in [0.2, 0.25) is 0 Å². The molecule has 224 valence electrons. The standard InChI is InChI=1S/C33H33F3N4O3/c1-2-20-25(35)5-4-16-8-19(41)11-23(26(16)20)29-27(36)30-24(13-37-29)28(17-9-21-22(10-17)31(21)42)38-32(39-30)43-15-33-6-3-7-40(33)14-18(34)12-33/h4-5,8,11,13,17-18,21-22,31,41-42H,2-3,6-7,9-10,12,14-15H2,1H3/t17?,18-,21?,22?,31?,33+/m1/s1. The number of fused-ring (bicyclic) bond motifs is 4. The van der Waals surface area contributed by atoms with Crippen molar-refractivity contribution in [1.29, 1.82) is 0 Å². The lowest BCUT2D eigenvalue weighted by molar-refractivity contribution is 0.107. The minimum Gasteiger partial charge on any atom is -0.508 e. The smallest absolute Gasteiger partial charge is 0.317 e. The maximum absolute atomic E-state index is 16.7. The van der Waals surface area contributed by atoms with Crippen LogP contribution in [0, 0.1) is 23.5 Å². The summed E-state index contributed by atoms with van der Waals surface area (Å²) in [6, 6.07) is 5.88. The number of aromatic hydroxyl groups is 1. The van der Waals surface area contributed by atoms with Gasteiger partial charge in [-0.2, -0.15) is 9.97 Å². The number of hydrogen-bond donors (Lipinski definition) is 2. The number of ether oxygens (including phenoxy) is 1. The molecule has 2 aromatic heterocycles. The number of phenolic OH excluding ortho intramolecular Hbond substituents is 1. The molecule has 7 nitrogen and oxygen atoms in total. The fourth-order valence-corrected chi connectivity index (χ4v) is 8.33. The van der Waals surface area contributed by atoms with Gasteiger partial charge in [-0.05, 0) is 85.0 Å². The lowest BCUT2D eigenvalue weighted by Crippen LogP contribution is -2.43. The first-order valence-electron chi connectivity index (χ1n) is 15.3. The summed E-state index contributed by atoms with van der Waals surface area (Å²) in [7, 11) is 0. The van der Waals surface area contributed by atoms with E-state index >= 15 is 4.39 Å². The molecule has 43 heavy (non-hydrogen) atoms. The third-order valence-electron chi connectivity index (χ3n) is 10.5. The van der Waals surface area contributed by atoms with Gasteiger partial charge in [0.25, 0.3) is 0 Å². The SMILES string of the molecule is CCc1c(F)ccc2cc(O)cc(-c3ncc4c(C5CC6C(O)C6C5)nc(OC[C@@]56CCCN5C[C@H](F)C6)nc4c3F)c12. The molecule has 4 aliphatic rings. The molecule has 4 aromatic rings. The molecular weight excluding hydrogens is 557 g/mol. The normalized spacial score (nSPS) is 29.8. The molecule has 2 aliphatic heterocycles. The number of nitrogens with zero attached hydrogens (tertiary/aromatic N) is 4. The van der Waals surface area contributed by atoms with Gasteiger partial charge in [0.2, 0.25) is 0 Å². The summed E-state index contributed by atoms with van der Waals surface area (Å²) in [6.07, 6.45) is 4.37. The third kappa shape index (κ3) is 4.20. The average molecular weight is 591 g/mol. The first kappa shape index (κ1) is 27.1. The zero-order valence-electron chi connectivity index (χ0n) is 23.9. The van der Waals surface area contributed by atoms with Crippen molar-refractivity contribution < 1.29 is 28.1 Å². The van der Waals surface area contributed by atoms with Crippen molar-refractivity contribution in [3.63, 3.8) is 0 Å². The summed E-state index contributed by atoms with van der Waals surface area (Å²) < 4.78 is 52.1. The summed E-state index contributed by atoms with van der Waals surface area (Å²) in [4.78, 5) is 16.0. The highest BCUT2D eigenvalue weighted by atomic mass is 19.1. The minimum absolute atomic E-state index is 0.0106. The molecule has 2 aromatic carbocycles. The van der Waals surface area contributed by atoms with Gasteiger partial charge in [-0.25, -0.2) is 13.2 Å². The molecule has 10 heteroatoms. The van der Waals surface area contributed by atoms with Crippen LogP contribution in [0.15, 0.2) is 30.5 Å². The monoisotopic (exact) mass is 590 g/mol. The van der Waals surface area contributed by atoms with Gasteiger partial charge in [0, 0.05) is 36.0 Å². The van der Waals surface area contributed by atoms with Gasteiger partial charge in [-0.3, -0.25) is 9.88 Å². The molecule has 4 atom stereocenters. The molecule has 2 N–H and O–H groups in total. The van der Waals surface area contributed by atoms with E-state index in [4.69, 9.17) is 9.72 Å². The van der Waals surface area contributed by atoms with Gasteiger partial charge >= 0.3 is 6.01 Å². The topological polar surface area (TPSA) is 91.6 Å². The maximum Gasteiger partial charge on any atom is 0.317 e. The molecule has 0 radical (unpaired) electrons. The second kappa shape index (κ2) is 9.75. The van der Waals surface area contributed by atoms with Gasteiger partial charge in [0.15, 0.2) is 5.82 Å². The Morgan fingerprint density at radius 1 is 1.14 bits per heavy atom. The number of hydrogen-bond acceptors (Lipinski definition) is 7. The molecule has 4 heterocycles. The molecule has 0 bridgehead atoms. The highest BCUT2D eigenvalue weighted by Gasteiger charge is 2.56. The van der Waals surface area contributed by atoms with Crippen molar-refractivity contribution in [2.75, 3.05) is 19.7 Å². The molecular formula is C33H33F3N4O3. The van der Waals surface area contributed by atoms with Crippen LogP contribution in [0.3, 0.4) is 0 Å². The zero-order valence-corrected chi connectivity index (χ0v) is 23.9. The van der Waals surface area contributed by atoms with Crippen LogP contribution in [-0.4, -0.2) is 67.6 Å². The molecule has 2 aliphatic carbocycles. The van der Waals surface area contributed by atoms with Gasteiger partial charge in [0.1, 0.15) is 35.6 Å². The van der Waals surface area contributed by atoms with E-state index in [1.165, 1.54) is 18.2 Å². The van der Waals surface area contributed by atoms with Crippen molar-refractivity contribution in [2.24, 2.45) is 11.8 Å². The third-order valence-corrected chi connectivity index (χ3v) is 10.5. The Bertz CT molecular complexity index is 1770. The van der Waals surface area contributed by atoms with Crippen molar-refractivity contribution in [3.8, 4) is 23.0 Å². The molecule has 2 saturated heterocycles. The fourth-order valence-electron chi connectivity index (χ4n) is 8.33. The van der Waals surface area contributed by atoms with Crippen LogP contribution in [-0.2, 0) is 6.42 Å². The predicted molar refractivity (Wildman–Crippen MR) is 155 cm³/mol. The maximum atomic E-state index is 16.7. The average Bonchev–Trinajstić information content (AvgIpc) is 3.36. The molecule has 0 amide bonds. The number of benzene rings is 2. The first-order valence-corrected chi connectivity index (χ1v) is 15.3. The van der Waals surface area contributed by atoms with Gasteiger partial charge in [-0.15, -0.1) is 0 Å². The Labute approximate surface area is 246 Å². The van der Waals surface area contributed by atoms with E-state index in [2.05, 4.69) is 14.9 Å². The van der Waals surface area contributed by atoms with E-state index in [0.717, 1.165) is 32.2 Å². The number of aliphatic hydroxyl groups is 1. The molecule has 0 spiro atoms. The van der Waals surface area contributed by atoms with Gasteiger partial charge < -0.3 is 14.9 Å². The number of aromatic nitrogens is 3. The van der Waals surface area contributed by atoms with Gasteiger partial charge in [0.05, 0.1) is 17.3 Å². The number of alkyl halides is 1. The largest absolute Gasteiger partial charge is 0.508 e. The lowest BCUT2D eigenvalue weighted by atomic mass is 9.93. The van der Waals surface area contributed by atoms with E-state index in [-0.39, 0.29) is 59.0 Å². The van der Waals surface area contributed by atoms with Crippen LogP contribution in [0.1, 0.15) is 56.2 Å².